The van der Waals surface area contributed by atoms with Crippen molar-refractivity contribution < 1.29 is 9.59 Å². The van der Waals surface area contributed by atoms with Crippen LogP contribution >= 0.6 is 11.8 Å². The molecule has 1 saturated heterocycles. The van der Waals surface area contributed by atoms with E-state index < -0.39 is 0 Å². The van der Waals surface area contributed by atoms with Crippen LogP contribution in [0.15, 0.2) is 5.16 Å². The molecule has 0 aromatic carbocycles. The van der Waals surface area contributed by atoms with Crippen molar-refractivity contribution in [3.63, 3.8) is 0 Å². The van der Waals surface area contributed by atoms with Gasteiger partial charge in [-0.25, -0.2) is 0 Å². The number of likely N-dealkylation sites (tertiary alicyclic amines) is 1. The largest absolute Gasteiger partial charge is 0.355 e. The van der Waals surface area contributed by atoms with Gasteiger partial charge in [0.2, 0.25) is 11.8 Å². The van der Waals surface area contributed by atoms with Crippen LogP contribution in [0, 0.1) is 0 Å². The van der Waals surface area contributed by atoms with Crippen LogP contribution in [-0.4, -0.2) is 50.3 Å². The third-order valence-corrected chi connectivity index (χ3v) is 5.26. The second-order valence-electron chi connectivity index (χ2n) is 6.26. The van der Waals surface area contributed by atoms with E-state index in [1.165, 1.54) is 11.8 Å². The fraction of sp³-hybridized carbons (Fsp3) is 0.765. The van der Waals surface area contributed by atoms with Gasteiger partial charge in [0.05, 0.1) is 12.3 Å². The van der Waals surface area contributed by atoms with Crippen molar-refractivity contribution in [3.8, 4) is 0 Å². The molecule has 2 rings (SSSR count). The zero-order valence-electron chi connectivity index (χ0n) is 15.3. The SMILES string of the molecule is CCCCNC(=O)CSc1nnc(CN2CCCCCC2=O)n1CC. The van der Waals surface area contributed by atoms with Gasteiger partial charge in [0.15, 0.2) is 11.0 Å². The smallest absolute Gasteiger partial charge is 0.230 e. The summed E-state index contributed by atoms with van der Waals surface area (Å²) >= 11 is 1.40. The summed E-state index contributed by atoms with van der Waals surface area (Å²) in [4.78, 5) is 25.9. The maximum absolute atomic E-state index is 12.2. The molecule has 1 aromatic heterocycles. The molecule has 1 N–H and O–H groups in total. The summed E-state index contributed by atoms with van der Waals surface area (Å²) in [7, 11) is 0. The highest BCUT2D eigenvalue weighted by Crippen LogP contribution is 2.19. The Kier molecular flexibility index (Phi) is 8.24. The van der Waals surface area contributed by atoms with E-state index in [-0.39, 0.29) is 11.8 Å². The van der Waals surface area contributed by atoms with Crippen molar-refractivity contribution in [2.75, 3.05) is 18.8 Å². The van der Waals surface area contributed by atoms with Crippen molar-refractivity contribution in [2.45, 2.75) is 70.6 Å². The number of hydrogen-bond acceptors (Lipinski definition) is 5. The van der Waals surface area contributed by atoms with E-state index >= 15 is 0 Å². The van der Waals surface area contributed by atoms with Crippen LogP contribution in [0.1, 0.15) is 58.2 Å². The lowest BCUT2D eigenvalue weighted by atomic mass is 10.2. The Morgan fingerprint density at radius 1 is 1.24 bits per heavy atom. The minimum Gasteiger partial charge on any atom is -0.355 e. The van der Waals surface area contributed by atoms with Crippen molar-refractivity contribution >= 4 is 23.6 Å². The number of nitrogens with zero attached hydrogens (tertiary/aromatic N) is 4. The molecule has 0 saturated carbocycles. The minimum atomic E-state index is 0.0216. The van der Waals surface area contributed by atoms with E-state index in [9.17, 15) is 9.59 Å². The molecule has 25 heavy (non-hydrogen) atoms. The van der Waals surface area contributed by atoms with Crippen LogP contribution < -0.4 is 5.32 Å². The Balaban J connectivity index is 1.93. The van der Waals surface area contributed by atoms with E-state index in [0.717, 1.165) is 62.7 Å². The van der Waals surface area contributed by atoms with Gasteiger partial charge >= 0.3 is 0 Å². The normalized spacial score (nSPS) is 15.3. The number of amides is 2. The van der Waals surface area contributed by atoms with Gasteiger partial charge in [0, 0.05) is 26.1 Å². The number of thioether (sulfide) groups is 1. The summed E-state index contributed by atoms with van der Waals surface area (Å²) in [6, 6.07) is 0. The van der Waals surface area contributed by atoms with Crippen molar-refractivity contribution in [2.24, 2.45) is 0 Å². The van der Waals surface area contributed by atoms with Gasteiger partial charge in [0.1, 0.15) is 0 Å². The quantitative estimate of drug-likeness (QED) is 0.535. The van der Waals surface area contributed by atoms with Crippen molar-refractivity contribution in [3.05, 3.63) is 5.82 Å². The molecular weight excluding hydrogens is 338 g/mol. The maximum atomic E-state index is 12.2. The zero-order chi connectivity index (χ0) is 18.1. The molecule has 0 spiro atoms. The monoisotopic (exact) mass is 367 g/mol. The summed E-state index contributed by atoms with van der Waals surface area (Å²) in [5, 5.41) is 12.1. The first-order chi connectivity index (χ1) is 12.2. The average molecular weight is 368 g/mol. The molecule has 1 aromatic rings. The zero-order valence-corrected chi connectivity index (χ0v) is 16.1. The number of unbranched alkanes of at least 4 members (excludes halogenated alkanes) is 1. The molecule has 7 nitrogen and oxygen atoms in total. The highest BCUT2D eigenvalue weighted by atomic mass is 32.2. The van der Waals surface area contributed by atoms with Gasteiger partial charge < -0.3 is 14.8 Å². The molecule has 8 heteroatoms. The van der Waals surface area contributed by atoms with Crippen LogP contribution in [0.2, 0.25) is 0 Å². The molecular formula is C17H29N5O2S. The van der Waals surface area contributed by atoms with Gasteiger partial charge in [-0.1, -0.05) is 31.5 Å². The first-order valence-corrected chi connectivity index (χ1v) is 10.2. The predicted octanol–water partition coefficient (Wildman–Crippen LogP) is 2.21. The van der Waals surface area contributed by atoms with Crippen molar-refractivity contribution in [1.82, 2.24) is 25.0 Å². The van der Waals surface area contributed by atoms with E-state index in [2.05, 4.69) is 22.4 Å². The maximum Gasteiger partial charge on any atom is 0.230 e. The predicted molar refractivity (Wildman–Crippen MR) is 98.2 cm³/mol. The second kappa shape index (κ2) is 10.4. The fourth-order valence-electron chi connectivity index (χ4n) is 2.82. The Morgan fingerprint density at radius 2 is 2.08 bits per heavy atom. The molecule has 1 aliphatic heterocycles. The van der Waals surface area contributed by atoms with E-state index in [4.69, 9.17) is 0 Å². The molecule has 1 fully saturated rings. The molecule has 0 bridgehead atoms. The third kappa shape index (κ3) is 6.02. The molecule has 0 aliphatic carbocycles. The molecule has 0 radical (unpaired) electrons. The molecule has 1 aliphatic rings. The van der Waals surface area contributed by atoms with Gasteiger partial charge in [-0.15, -0.1) is 10.2 Å². The fourth-order valence-corrected chi connectivity index (χ4v) is 3.67. The number of rotatable bonds is 9. The summed E-state index contributed by atoms with van der Waals surface area (Å²) in [5.41, 5.74) is 0. The highest BCUT2D eigenvalue weighted by Gasteiger charge is 2.20. The number of aromatic nitrogens is 3. The summed E-state index contributed by atoms with van der Waals surface area (Å²) in [6.45, 7) is 6.87. The Labute approximate surface area is 153 Å². The molecule has 0 atom stereocenters. The number of nitrogens with one attached hydrogen (secondary N) is 1. The molecule has 2 heterocycles. The molecule has 2 amide bonds. The average Bonchev–Trinajstić information content (AvgIpc) is 2.88. The Bertz CT molecular complexity index is 575. The van der Waals surface area contributed by atoms with E-state index in [1.54, 1.807) is 0 Å². The summed E-state index contributed by atoms with van der Waals surface area (Å²) in [6.07, 6.45) is 5.82. The standard InChI is InChI=1S/C17H29N5O2S/c1-3-5-10-18-15(23)13-25-17-20-19-14(22(17)4-2)12-21-11-8-6-7-9-16(21)24/h3-13H2,1-2H3,(H,18,23). The van der Waals surface area contributed by atoms with Crippen LogP contribution in [0.25, 0.3) is 0 Å². The lowest BCUT2D eigenvalue weighted by Crippen LogP contribution is -2.31. The van der Waals surface area contributed by atoms with Crippen LogP contribution in [0.5, 0.6) is 0 Å². The number of carbonyl (C=O) groups excluding carboxylic acids is 2. The van der Waals surface area contributed by atoms with Gasteiger partial charge in [-0.3, -0.25) is 9.59 Å². The van der Waals surface area contributed by atoms with Gasteiger partial charge in [0.25, 0.3) is 0 Å². The molecule has 0 unspecified atom stereocenters. The van der Waals surface area contributed by atoms with Crippen molar-refractivity contribution in [1.29, 1.82) is 0 Å². The third-order valence-electron chi connectivity index (χ3n) is 4.30. The van der Waals surface area contributed by atoms with Crippen LogP contribution in [0.3, 0.4) is 0 Å². The lowest BCUT2D eigenvalue weighted by Gasteiger charge is -2.20. The highest BCUT2D eigenvalue weighted by molar-refractivity contribution is 7.99. The van der Waals surface area contributed by atoms with Gasteiger partial charge in [-0.2, -0.15) is 0 Å². The lowest BCUT2D eigenvalue weighted by molar-refractivity contribution is -0.131. The topological polar surface area (TPSA) is 80.1 Å². The number of carbonyl (C=O) groups is 2. The molecule has 140 valence electrons. The van der Waals surface area contributed by atoms with Gasteiger partial charge in [-0.05, 0) is 26.2 Å². The number of hydrogen-bond donors (Lipinski definition) is 1. The summed E-state index contributed by atoms with van der Waals surface area (Å²) in [5.74, 6) is 1.36. The first-order valence-electron chi connectivity index (χ1n) is 9.25. The van der Waals surface area contributed by atoms with E-state index in [1.807, 2.05) is 16.4 Å². The minimum absolute atomic E-state index is 0.0216. The Hall–Kier alpha value is -1.57. The van der Waals surface area contributed by atoms with E-state index in [0.29, 0.717) is 18.7 Å². The summed E-state index contributed by atoms with van der Waals surface area (Å²) < 4.78 is 2.00. The van der Waals surface area contributed by atoms with Crippen LogP contribution in [0.4, 0.5) is 0 Å². The first kappa shape index (κ1) is 19.8. The second-order valence-corrected chi connectivity index (χ2v) is 7.20. The Morgan fingerprint density at radius 3 is 2.84 bits per heavy atom. The van der Waals surface area contributed by atoms with Crippen LogP contribution in [-0.2, 0) is 22.7 Å².